The summed E-state index contributed by atoms with van der Waals surface area (Å²) in [4.78, 5) is 18.4. The van der Waals surface area contributed by atoms with Gasteiger partial charge in [0.15, 0.2) is 24.8 Å². The first kappa shape index (κ1) is 61.0. The molecule has 9 rings (SSSR count). The highest BCUT2D eigenvalue weighted by Crippen LogP contribution is 2.38. The molecule has 0 aromatic carbocycles. The number of pyridine rings is 4. The van der Waals surface area contributed by atoms with Gasteiger partial charge in [0.25, 0.3) is 0 Å². The fourth-order valence-corrected chi connectivity index (χ4v) is 11.1. The zero-order valence-electron chi connectivity index (χ0n) is 46.8. The minimum atomic E-state index is -4.26. The van der Waals surface area contributed by atoms with Gasteiger partial charge in [-0.3, -0.25) is 0 Å². The van der Waals surface area contributed by atoms with Crippen molar-refractivity contribution in [3.63, 3.8) is 0 Å². The Bertz CT molecular complexity index is 3160. The summed E-state index contributed by atoms with van der Waals surface area (Å²) in [5, 5.41) is 0. The third kappa shape index (κ3) is 16.4. The van der Waals surface area contributed by atoms with Crippen LogP contribution in [-0.2, 0) is 26.2 Å². The molecule has 0 saturated carbocycles. The van der Waals surface area contributed by atoms with Gasteiger partial charge in [-0.15, -0.1) is 0 Å². The molecule has 0 unspecified atom stereocenters. The van der Waals surface area contributed by atoms with Crippen LogP contribution in [0.5, 0.6) is 0 Å². The van der Waals surface area contributed by atoms with Crippen molar-refractivity contribution in [2.45, 2.75) is 160 Å². The van der Waals surface area contributed by atoms with E-state index in [1.54, 1.807) is 0 Å². The third-order valence-corrected chi connectivity index (χ3v) is 15.1. The van der Waals surface area contributed by atoms with Gasteiger partial charge < -0.3 is 9.97 Å². The summed E-state index contributed by atoms with van der Waals surface area (Å²) < 4.78 is 155. The highest BCUT2D eigenvalue weighted by molar-refractivity contribution is 5.97. The van der Waals surface area contributed by atoms with E-state index >= 15 is 0 Å². The number of rotatable bonds is 25. The number of halogens is 11. The van der Waals surface area contributed by atoms with E-state index in [0.717, 1.165) is 35.3 Å². The monoisotopic (exact) mass is 1170 g/mol. The molecule has 7 aromatic heterocycles. The fraction of sp³-hybridized carbons (Fsp3) is 0.385. The van der Waals surface area contributed by atoms with Crippen molar-refractivity contribution >= 4 is 46.4 Å². The standard InChI is InChI=1S/C65H68F11N8/c1-62(66,67)34-10-2-14-38-81-42-18-6-22-54(81)58-46-26-28-48(77-46)59(55-23-7-19-43-82(55)39-15-3-11-35-63(68,69)70)50-30-32-52(79-50)61(57-25-9-21-45-84(57)41-17-5-13-37-65(74,75)76)53-33-31-51(80-53)60(49-29-27-47(58)78-49)56-24-8-20-44-83(56)40-16-4-12-36-64(71,72)73/h6-9,18-33,42-45H,2-5,10-17,34-41H2,1H3,(H,77,78,79,80)/q+3/p+1. The van der Waals surface area contributed by atoms with Gasteiger partial charge in [-0.05, 0) is 131 Å². The Kier molecular flexibility index (Phi) is 19.6. The largest absolute Gasteiger partial charge is 0.389 e. The van der Waals surface area contributed by atoms with Gasteiger partial charge in [-0.1, -0.05) is 0 Å². The SMILES string of the molecule is CC(F)(F)CCCCC[n+]1ccccc1-c1c2nc(c(-c3cccc[n+]3CCCCCC(F)(F)F)c3ccc([nH]3)c(-c3cccc[n+]3CCCCCC(F)(F)F)c3nc(c(-c4cccc[n+]4CCCCCC(F)(F)F)c4ccc1[nH]4)C=C3)C=C2. The van der Waals surface area contributed by atoms with Gasteiger partial charge in [0, 0.05) is 99.9 Å². The number of aryl methyl sites for hydroxylation is 4. The molecule has 8 nitrogen and oxygen atoms in total. The van der Waals surface area contributed by atoms with Crippen molar-refractivity contribution in [1.29, 1.82) is 0 Å². The molecule has 7 aromatic rings. The van der Waals surface area contributed by atoms with E-state index in [2.05, 4.69) is 14.5 Å². The zero-order chi connectivity index (χ0) is 59.5. The molecule has 2 aliphatic rings. The first-order valence-corrected chi connectivity index (χ1v) is 28.9. The van der Waals surface area contributed by atoms with Crippen molar-refractivity contribution in [2.75, 3.05) is 0 Å². The highest BCUT2D eigenvalue weighted by Gasteiger charge is 2.31. The van der Waals surface area contributed by atoms with Crippen LogP contribution in [0.4, 0.5) is 48.3 Å². The van der Waals surface area contributed by atoms with E-state index in [1.165, 1.54) is 0 Å². The van der Waals surface area contributed by atoms with Crippen LogP contribution in [0.1, 0.15) is 132 Å². The molecule has 0 saturated heterocycles. The molecule has 0 atom stereocenters. The molecule has 0 amide bonds. The van der Waals surface area contributed by atoms with Crippen LogP contribution >= 0.6 is 0 Å². The molecule has 84 heavy (non-hydrogen) atoms. The maximum Gasteiger partial charge on any atom is 0.389 e. The maximum absolute atomic E-state index is 13.9. The summed E-state index contributed by atoms with van der Waals surface area (Å²) in [6.45, 7) is 2.65. The third-order valence-electron chi connectivity index (χ3n) is 15.1. The first-order valence-electron chi connectivity index (χ1n) is 28.9. The summed E-state index contributed by atoms with van der Waals surface area (Å²) >= 11 is 0. The summed E-state index contributed by atoms with van der Waals surface area (Å²) in [6, 6.07) is 30.8. The van der Waals surface area contributed by atoms with Crippen LogP contribution in [0.25, 0.3) is 91.4 Å². The minimum Gasteiger partial charge on any atom is -0.354 e. The quantitative estimate of drug-likeness (QED) is 0.0340. The Morgan fingerprint density at radius 1 is 0.321 bits per heavy atom. The number of unbranched alkanes of at least 4 members (excludes halogenated alkanes) is 8. The summed E-state index contributed by atoms with van der Waals surface area (Å²) in [7, 11) is 0. The Morgan fingerprint density at radius 2 is 0.571 bits per heavy atom. The van der Waals surface area contributed by atoms with E-state index < -0.39 is 43.7 Å². The van der Waals surface area contributed by atoms with E-state index in [9.17, 15) is 48.3 Å². The van der Waals surface area contributed by atoms with Crippen molar-refractivity contribution in [3.05, 3.63) is 145 Å². The predicted molar refractivity (Wildman–Crippen MR) is 304 cm³/mol. The van der Waals surface area contributed by atoms with Crippen molar-refractivity contribution in [3.8, 4) is 45.0 Å². The maximum atomic E-state index is 13.9. The average Bonchev–Trinajstić information content (AvgIpc) is 2.06. The van der Waals surface area contributed by atoms with Gasteiger partial charge in [-0.25, -0.2) is 18.7 Å². The molecule has 8 bridgehead atoms. The highest BCUT2D eigenvalue weighted by atomic mass is 19.4. The Morgan fingerprint density at radius 3 is 0.810 bits per heavy atom. The van der Waals surface area contributed by atoms with Crippen LogP contribution in [0.3, 0.4) is 0 Å². The van der Waals surface area contributed by atoms with Crippen LogP contribution < -0.4 is 18.3 Å². The number of hydrogen-bond donors (Lipinski definition) is 2. The topological polar surface area (TPSA) is 72.9 Å². The lowest BCUT2D eigenvalue weighted by Gasteiger charge is -2.09. The molecule has 442 valence electrons. The number of aromatic nitrogens is 8. The predicted octanol–water partition coefficient (Wildman–Crippen LogP) is 17.1. The lowest BCUT2D eigenvalue weighted by atomic mass is 10.1. The van der Waals surface area contributed by atoms with Crippen molar-refractivity contribution in [1.82, 2.24) is 19.9 Å². The van der Waals surface area contributed by atoms with E-state index in [0.29, 0.717) is 145 Å². The Labute approximate surface area is 481 Å². The lowest BCUT2D eigenvalue weighted by Crippen LogP contribution is -2.36. The average molecular weight is 1170 g/mol. The Hall–Kier alpha value is -7.57. The number of fused-ring (bicyclic) bond motifs is 8. The number of alkyl halides is 11. The molecule has 2 aliphatic heterocycles. The van der Waals surface area contributed by atoms with Crippen LogP contribution in [0.2, 0.25) is 0 Å². The molecule has 19 heteroatoms. The summed E-state index contributed by atoms with van der Waals surface area (Å²) in [5.74, 6) is -2.77. The number of hydrogen-bond acceptors (Lipinski definition) is 2. The van der Waals surface area contributed by atoms with Crippen LogP contribution in [-0.4, -0.2) is 44.4 Å². The fourth-order valence-electron chi connectivity index (χ4n) is 11.1. The zero-order valence-corrected chi connectivity index (χ0v) is 46.8. The molecular weight excluding hydrogens is 1100 g/mol. The van der Waals surface area contributed by atoms with Crippen molar-refractivity contribution < 1.29 is 66.6 Å². The second kappa shape index (κ2) is 27.0. The minimum absolute atomic E-state index is 0.00806. The molecular formula is C65H69F11N8+4. The summed E-state index contributed by atoms with van der Waals surface area (Å²) in [6.07, 6.45) is 3.72. The van der Waals surface area contributed by atoms with Gasteiger partial charge in [0.2, 0.25) is 28.7 Å². The number of nitrogens with zero attached hydrogens (tertiary/aromatic N) is 6. The van der Waals surface area contributed by atoms with E-state index in [-0.39, 0.29) is 25.7 Å². The van der Waals surface area contributed by atoms with Gasteiger partial charge in [0.1, 0.15) is 26.2 Å². The molecule has 0 aliphatic carbocycles. The lowest BCUT2D eigenvalue weighted by molar-refractivity contribution is -0.686. The van der Waals surface area contributed by atoms with E-state index in [1.807, 2.05) is 160 Å². The smallest absolute Gasteiger partial charge is 0.354 e. The van der Waals surface area contributed by atoms with Gasteiger partial charge in [-0.2, -0.15) is 57.8 Å². The number of nitrogens with one attached hydrogen (secondary N) is 2. The molecule has 0 spiro atoms. The van der Waals surface area contributed by atoms with Crippen molar-refractivity contribution in [2.24, 2.45) is 0 Å². The number of H-pyrrole nitrogens is 2. The number of aromatic amines is 2. The van der Waals surface area contributed by atoms with Gasteiger partial charge in [0.05, 0.1) is 67.1 Å². The molecule has 0 radical (unpaired) electrons. The summed E-state index contributed by atoms with van der Waals surface area (Å²) in [5.41, 5.74) is 10.7. The first-order chi connectivity index (χ1) is 40.2. The van der Waals surface area contributed by atoms with Crippen LogP contribution in [0.15, 0.2) is 122 Å². The molecule has 9 heterocycles. The normalized spacial score (nSPS) is 12.9. The second-order valence-corrected chi connectivity index (χ2v) is 21.8. The molecule has 0 fully saturated rings. The van der Waals surface area contributed by atoms with Crippen LogP contribution in [0, 0.1) is 0 Å². The van der Waals surface area contributed by atoms with E-state index in [4.69, 9.17) is 9.97 Å². The van der Waals surface area contributed by atoms with Gasteiger partial charge >= 0.3 is 18.5 Å². The Balaban J connectivity index is 1.31. The second-order valence-electron chi connectivity index (χ2n) is 21.8. The molecule has 2 N–H and O–H groups in total.